The third-order valence-electron chi connectivity index (χ3n) is 7.03. The van der Waals surface area contributed by atoms with E-state index in [1.165, 1.54) is 28.7 Å². The van der Waals surface area contributed by atoms with Gasteiger partial charge in [0.1, 0.15) is 5.82 Å². The molecule has 1 aromatic carbocycles. The Labute approximate surface area is 198 Å². The topological polar surface area (TPSA) is 50.2 Å². The summed E-state index contributed by atoms with van der Waals surface area (Å²) in [4.78, 5) is 20.7. The molecule has 0 spiro atoms. The van der Waals surface area contributed by atoms with Crippen LogP contribution in [0, 0.1) is 27.7 Å². The second-order valence-electron chi connectivity index (χ2n) is 9.03. The highest BCUT2D eigenvalue weighted by Crippen LogP contribution is 2.31. The van der Waals surface area contributed by atoms with E-state index in [4.69, 9.17) is 0 Å². The SMILES string of the molecule is CCN(CC)CCCCNc1cc2c(cn1)cc(-c1c(C)c(C)cc(C)c1C)c(=O)n2CC. The average Bonchev–Trinajstić information content (AvgIpc) is 2.80. The van der Waals surface area contributed by atoms with Gasteiger partial charge in [-0.3, -0.25) is 4.79 Å². The maximum atomic E-state index is 13.6. The largest absolute Gasteiger partial charge is 0.370 e. The first kappa shape index (κ1) is 25.0. The van der Waals surface area contributed by atoms with Gasteiger partial charge in [-0.1, -0.05) is 19.9 Å². The molecule has 33 heavy (non-hydrogen) atoms. The number of unbranched alkanes of at least 4 members (excludes halogenated alkanes) is 1. The second-order valence-corrected chi connectivity index (χ2v) is 9.03. The van der Waals surface area contributed by atoms with Gasteiger partial charge in [0.25, 0.3) is 5.56 Å². The van der Waals surface area contributed by atoms with Gasteiger partial charge in [0.15, 0.2) is 0 Å². The first-order chi connectivity index (χ1) is 15.8. The van der Waals surface area contributed by atoms with Crippen LogP contribution < -0.4 is 10.9 Å². The highest BCUT2D eigenvalue weighted by molar-refractivity contribution is 5.86. The lowest BCUT2D eigenvalue weighted by molar-refractivity contribution is 0.298. The van der Waals surface area contributed by atoms with Crippen LogP contribution in [0.2, 0.25) is 0 Å². The molecule has 5 heteroatoms. The fraction of sp³-hybridized carbons (Fsp3) is 0.500. The Morgan fingerprint density at radius 2 is 1.61 bits per heavy atom. The Morgan fingerprint density at radius 1 is 0.939 bits per heavy atom. The average molecular weight is 449 g/mol. The van der Waals surface area contributed by atoms with Crippen molar-refractivity contribution in [1.82, 2.24) is 14.5 Å². The molecule has 0 amide bonds. The van der Waals surface area contributed by atoms with Crippen molar-refractivity contribution >= 4 is 16.7 Å². The highest BCUT2D eigenvalue weighted by atomic mass is 16.1. The maximum Gasteiger partial charge on any atom is 0.258 e. The zero-order valence-corrected chi connectivity index (χ0v) is 21.5. The quantitative estimate of drug-likeness (QED) is 0.395. The Kier molecular flexibility index (Phi) is 8.30. The number of fused-ring (bicyclic) bond motifs is 1. The molecule has 0 fully saturated rings. The van der Waals surface area contributed by atoms with Crippen molar-refractivity contribution in [2.45, 2.75) is 67.9 Å². The summed E-state index contributed by atoms with van der Waals surface area (Å²) in [6, 6.07) is 6.25. The van der Waals surface area contributed by atoms with E-state index >= 15 is 0 Å². The minimum atomic E-state index is 0.0672. The van der Waals surface area contributed by atoms with Crippen LogP contribution >= 0.6 is 0 Å². The van der Waals surface area contributed by atoms with Gasteiger partial charge >= 0.3 is 0 Å². The van der Waals surface area contributed by atoms with Crippen molar-refractivity contribution in [2.75, 3.05) is 31.5 Å². The summed E-state index contributed by atoms with van der Waals surface area (Å²) in [6.45, 7) is 19.8. The second kappa shape index (κ2) is 11.0. The predicted octanol–water partition coefficient (Wildman–Crippen LogP) is 5.85. The summed E-state index contributed by atoms with van der Waals surface area (Å²) in [6.07, 6.45) is 4.16. The number of nitrogens with zero attached hydrogens (tertiary/aromatic N) is 3. The number of hydrogen-bond acceptors (Lipinski definition) is 4. The molecule has 2 aromatic heterocycles. The first-order valence-electron chi connectivity index (χ1n) is 12.4. The number of pyridine rings is 2. The van der Waals surface area contributed by atoms with Crippen LogP contribution in [0.15, 0.2) is 29.2 Å². The van der Waals surface area contributed by atoms with Crippen LogP contribution in [0.1, 0.15) is 55.9 Å². The van der Waals surface area contributed by atoms with Crippen LogP contribution in [0.5, 0.6) is 0 Å². The van der Waals surface area contributed by atoms with Crippen molar-refractivity contribution in [3.8, 4) is 11.1 Å². The number of anilines is 1. The lowest BCUT2D eigenvalue weighted by Gasteiger charge is -2.18. The number of aromatic nitrogens is 2. The van der Waals surface area contributed by atoms with Gasteiger partial charge in [0, 0.05) is 36.3 Å². The maximum absolute atomic E-state index is 13.6. The molecule has 1 N–H and O–H groups in total. The molecule has 0 aliphatic heterocycles. The molecule has 178 valence electrons. The molecule has 0 saturated heterocycles. The van der Waals surface area contributed by atoms with E-state index in [9.17, 15) is 4.79 Å². The minimum absolute atomic E-state index is 0.0672. The number of benzene rings is 1. The van der Waals surface area contributed by atoms with Gasteiger partial charge in [-0.15, -0.1) is 0 Å². The van der Waals surface area contributed by atoms with Crippen molar-refractivity contribution in [3.63, 3.8) is 0 Å². The molecular formula is C28H40N4O. The summed E-state index contributed by atoms with van der Waals surface area (Å²) in [7, 11) is 0. The minimum Gasteiger partial charge on any atom is -0.370 e. The molecule has 0 saturated carbocycles. The Hall–Kier alpha value is -2.66. The predicted molar refractivity (Wildman–Crippen MR) is 142 cm³/mol. The lowest BCUT2D eigenvalue weighted by atomic mass is 9.90. The van der Waals surface area contributed by atoms with E-state index in [0.717, 1.165) is 60.4 Å². The van der Waals surface area contributed by atoms with Crippen LogP contribution in [-0.4, -0.2) is 40.6 Å². The van der Waals surface area contributed by atoms with E-state index in [1.807, 2.05) is 29.8 Å². The van der Waals surface area contributed by atoms with E-state index in [-0.39, 0.29) is 5.56 Å². The zero-order valence-electron chi connectivity index (χ0n) is 21.5. The van der Waals surface area contributed by atoms with Crippen LogP contribution in [0.25, 0.3) is 22.0 Å². The van der Waals surface area contributed by atoms with Gasteiger partial charge in [-0.25, -0.2) is 4.98 Å². The van der Waals surface area contributed by atoms with Crippen LogP contribution in [0.4, 0.5) is 5.82 Å². The van der Waals surface area contributed by atoms with E-state index < -0.39 is 0 Å². The van der Waals surface area contributed by atoms with Crippen LogP contribution in [-0.2, 0) is 6.54 Å². The molecule has 3 aromatic rings. The van der Waals surface area contributed by atoms with Crippen molar-refractivity contribution in [2.24, 2.45) is 0 Å². The fourth-order valence-corrected chi connectivity index (χ4v) is 4.70. The molecule has 5 nitrogen and oxygen atoms in total. The lowest BCUT2D eigenvalue weighted by Crippen LogP contribution is -2.24. The van der Waals surface area contributed by atoms with Crippen LogP contribution in [0.3, 0.4) is 0 Å². The fourth-order valence-electron chi connectivity index (χ4n) is 4.70. The van der Waals surface area contributed by atoms with Gasteiger partial charge < -0.3 is 14.8 Å². The standard InChI is InChI=1S/C28H40N4O/c1-8-31(9-2)14-12-11-13-29-26-17-25-23(18-30-26)16-24(28(33)32(25)10-3)27-21(6)19(4)15-20(5)22(27)7/h15-18H,8-14H2,1-7H3,(H,29,30). The van der Waals surface area contributed by atoms with E-state index in [1.54, 1.807) is 0 Å². The Morgan fingerprint density at radius 3 is 2.21 bits per heavy atom. The number of nitrogens with one attached hydrogen (secondary N) is 1. The van der Waals surface area contributed by atoms with Gasteiger partial charge in [0.2, 0.25) is 0 Å². The molecule has 0 radical (unpaired) electrons. The third kappa shape index (κ3) is 5.30. The molecule has 2 heterocycles. The van der Waals surface area contributed by atoms with Gasteiger partial charge in [-0.2, -0.15) is 0 Å². The molecule has 3 rings (SSSR count). The zero-order chi connectivity index (χ0) is 24.1. The monoisotopic (exact) mass is 448 g/mol. The Balaban J connectivity index is 1.91. The van der Waals surface area contributed by atoms with Gasteiger partial charge in [0.05, 0.1) is 5.52 Å². The summed E-state index contributed by atoms with van der Waals surface area (Å²) in [5.41, 5.74) is 7.62. The summed E-state index contributed by atoms with van der Waals surface area (Å²) >= 11 is 0. The molecule has 0 bridgehead atoms. The Bertz CT molecular complexity index is 1150. The first-order valence-corrected chi connectivity index (χ1v) is 12.4. The molecular weight excluding hydrogens is 408 g/mol. The highest BCUT2D eigenvalue weighted by Gasteiger charge is 2.17. The number of aryl methyl sites for hydroxylation is 3. The summed E-state index contributed by atoms with van der Waals surface area (Å²) in [5.74, 6) is 0.832. The number of hydrogen-bond donors (Lipinski definition) is 1. The van der Waals surface area contributed by atoms with Crippen molar-refractivity contribution < 1.29 is 0 Å². The normalized spacial score (nSPS) is 11.5. The molecule has 0 aliphatic rings. The summed E-state index contributed by atoms with van der Waals surface area (Å²) < 4.78 is 1.88. The van der Waals surface area contributed by atoms with Crippen molar-refractivity contribution in [3.05, 3.63) is 57.0 Å². The van der Waals surface area contributed by atoms with Crippen molar-refractivity contribution in [1.29, 1.82) is 0 Å². The van der Waals surface area contributed by atoms with E-state index in [2.05, 4.69) is 62.8 Å². The molecule has 0 atom stereocenters. The molecule has 0 unspecified atom stereocenters. The van der Waals surface area contributed by atoms with E-state index in [0.29, 0.717) is 6.54 Å². The third-order valence-corrected chi connectivity index (χ3v) is 7.03. The smallest absolute Gasteiger partial charge is 0.258 e. The molecule has 0 aliphatic carbocycles. The summed E-state index contributed by atoms with van der Waals surface area (Å²) in [5, 5.41) is 4.45. The van der Waals surface area contributed by atoms with Gasteiger partial charge in [-0.05, 0) is 101 Å². The number of rotatable bonds is 10.